The van der Waals surface area contributed by atoms with E-state index in [1.165, 1.54) is 4.90 Å². The predicted octanol–water partition coefficient (Wildman–Crippen LogP) is 14.9. The summed E-state index contributed by atoms with van der Waals surface area (Å²) in [6.07, 6.45) is 0. The topological polar surface area (TPSA) is 8.17 Å². The van der Waals surface area contributed by atoms with Crippen LogP contribution >= 0.6 is 0 Å². The van der Waals surface area contributed by atoms with Gasteiger partial charge < -0.3 is 9.47 Å². The van der Waals surface area contributed by atoms with E-state index >= 15 is 0 Å². The normalized spacial score (nSPS) is 13.2. The summed E-state index contributed by atoms with van der Waals surface area (Å²) in [7, 11) is 0. The molecule has 0 amide bonds. The molecular weight excluding hydrogens is 677 g/mol. The molecule has 264 valence electrons. The Morgan fingerprint density at radius 2 is 0.768 bits per heavy atom. The zero-order chi connectivity index (χ0) is 44.2. The maximum Gasteiger partial charge on any atom is 0.0645 e. The highest BCUT2D eigenvalue weighted by Gasteiger charge is 2.17. The Hall–Kier alpha value is -7.42. The van der Waals surface area contributed by atoms with Gasteiger partial charge in [-0.1, -0.05) is 158 Å². The third-order valence-corrected chi connectivity index (χ3v) is 10.1. The molecule has 0 bridgehead atoms. The molecular formula is C54H38N2. The van der Waals surface area contributed by atoms with E-state index in [0.29, 0.717) is 16.8 Å². The number of nitrogens with zero attached hydrogens (tertiary/aromatic N) is 2. The molecule has 0 atom stereocenters. The van der Waals surface area contributed by atoms with Gasteiger partial charge in [-0.2, -0.15) is 0 Å². The van der Waals surface area contributed by atoms with Crippen LogP contribution in [-0.4, -0.2) is 4.57 Å². The second-order valence-electron chi connectivity index (χ2n) is 13.6. The standard InChI is InChI=1S/C54H38N2/c1-4-14-39(15-5-1)41-26-31-48(32-27-41)55(49-33-28-42(29-34-49)44-19-12-18-43(36-44)40-16-6-2-7-17-40)50-23-13-20-45(37-50)46-30-35-54-52(38-46)51-24-10-11-25-53(51)56(54)47-21-8-3-9-22-47/h1-38H/i26D,27D,28D,29D,31D,32D,33D,34D. The SMILES string of the molecule is [2H]c1c([2H])c(N(c2cccc(-c3ccc4c(c3)c3ccccc3n4-c3ccccc3)c2)c2c([2H])c([2H])c(-c3cccc(-c4ccccc4)c3)c([2H])c2[2H])c([2H])c([2H])c1-c1ccccc1. The highest BCUT2D eigenvalue weighted by molar-refractivity contribution is 6.10. The molecule has 0 saturated carbocycles. The number of aromatic nitrogens is 1. The molecule has 10 aromatic rings. The number of para-hydroxylation sites is 2. The number of fused-ring (bicyclic) bond motifs is 3. The molecule has 0 aliphatic rings. The van der Waals surface area contributed by atoms with Crippen molar-refractivity contribution in [3.05, 3.63) is 230 Å². The van der Waals surface area contributed by atoms with Gasteiger partial charge in [0.1, 0.15) is 0 Å². The molecule has 10 rings (SSSR count). The molecule has 0 unspecified atom stereocenters. The lowest BCUT2D eigenvalue weighted by Gasteiger charge is -2.26. The summed E-state index contributed by atoms with van der Waals surface area (Å²) in [5, 5.41) is 2.10. The largest absolute Gasteiger partial charge is 0.310 e. The van der Waals surface area contributed by atoms with Gasteiger partial charge >= 0.3 is 0 Å². The highest BCUT2D eigenvalue weighted by Crippen LogP contribution is 2.40. The molecule has 0 radical (unpaired) electrons. The molecule has 0 saturated heterocycles. The van der Waals surface area contributed by atoms with E-state index in [2.05, 4.69) is 41.0 Å². The lowest BCUT2D eigenvalue weighted by atomic mass is 9.98. The van der Waals surface area contributed by atoms with E-state index in [-0.39, 0.29) is 46.7 Å². The van der Waals surface area contributed by atoms with Gasteiger partial charge in [-0.05, 0) is 117 Å². The minimum Gasteiger partial charge on any atom is -0.310 e. The molecule has 1 heterocycles. The van der Waals surface area contributed by atoms with Gasteiger partial charge in [0.05, 0.1) is 22.0 Å². The molecule has 2 heteroatoms. The van der Waals surface area contributed by atoms with E-state index in [1.807, 2.05) is 109 Å². The molecule has 9 aromatic carbocycles. The first-order valence-corrected chi connectivity index (χ1v) is 18.5. The third kappa shape index (κ3) is 6.24. The average Bonchev–Trinajstić information content (AvgIpc) is 3.67. The fraction of sp³-hybridized carbons (Fsp3) is 0. The Morgan fingerprint density at radius 1 is 0.304 bits per heavy atom. The van der Waals surface area contributed by atoms with Crippen LogP contribution in [0.15, 0.2) is 230 Å². The lowest BCUT2D eigenvalue weighted by Crippen LogP contribution is -2.10. The molecule has 56 heavy (non-hydrogen) atoms. The average molecular weight is 723 g/mol. The van der Waals surface area contributed by atoms with E-state index in [0.717, 1.165) is 49.7 Å². The van der Waals surface area contributed by atoms with Crippen molar-refractivity contribution in [3.8, 4) is 50.2 Å². The monoisotopic (exact) mass is 722 g/mol. The van der Waals surface area contributed by atoms with Gasteiger partial charge in [-0.3, -0.25) is 0 Å². The fourth-order valence-electron chi connectivity index (χ4n) is 7.42. The number of anilines is 3. The van der Waals surface area contributed by atoms with Crippen LogP contribution in [0.25, 0.3) is 72.0 Å². The second-order valence-corrected chi connectivity index (χ2v) is 13.6. The number of rotatable bonds is 8. The quantitative estimate of drug-likeness (QED) is 0.152. The summed E-state index contributed by atoms with van der Waals surface area (Å²) >= 11 is 0. The van der Waals surface area contributed by atoms with Crippen molar-refractivity contribution in [3.63, 3.8) is 0 Å². The molecule has 2 nitrogen and oxygen atoms in total. The highest BCUT2D eigenvalue weighted by atomic mass is 15.1. The van der Waals surface area contributed by atoms with E-state index < -0.39 is 24.2 Å². The van der Waals surface area contributed by atoms with Gasteiger partial charge in [-0.25, -0.2) is 0 Å². The Labute approximate surface area is 339 Å². The molecule has 0 fully saturated rings. The first-order chi connectivity index (χ1) is 31.1. The number of hydrogen-bond donors (Lipinski definition) is 0. The van der Waals surface area contributed by atoms with Gasteiger partial charge in [0.25, 0.3) is 0 Å². The zero-order valence-electron chi connectivity index (χ0n) is 38.2. The first-order valence-electron chi connectivity index (χ1n) is 22.5. The Bertz CT molecular complexity index is 3370. The van der Waals surface area contributed by atoms with Crippen molar-refractivity contribution in [2.24, 2.45) is 0 Å². The Morgan fingerprint density at radius 3 is 1.43 bits per heavy atom. The smallest absolute Gasteiger partial charge is 0.0645 e. The van der Waals surface area contributed by atoms with Crippen molar-refractivity contribution < 1.29 is 11.0 Å². The lowest BCUT2D eigenvalue weighted by molar-refractivity contribution is 1.18. The molecule has 0 aliphatic carbocycles. The summed E-state index contributed by atoms with van der Waals surface area (Å²) in [6, 6.07) is 55.1. The van der Waals surface area contributed by atoms with Gasteiger partial charge in [-0.15, -0.1) is 0 Å². The van der Waals surface area contributed by atoms with Gasteiger partial charge in [0.15, 0.2) is 0 Å². The maximum absolute atomic E-state index is 9.60. The molecule has 0 N–H and O–H groups in total. The van der Waals surface area contributed by atoms with Crippen molar-refractivity contribution >= 4 is 38.9 Å². The minimum absolute atomic E-state index is 0.104. The number of hydrogen-bond acceptors (Lipinski definition) is 1. The fourth-order valence-corrected chi connectivity index (χ4v) is 7.42. The van der Waals surface area contributed by atoms with Crippen LogP contribution in [0.4, 0.5) is 17.1 Å². The van der Waals surface area contributed by atoms with Crippen LogP contribution in [0.2, 0.25) is 0 Å². The van der Waals surface area contributed by atoms with Crippen LogP contribution in [0.5, 0.6) is 0 Å². The van der Waals surface area contributed by atoms with Crippen molar-refractivity contribution in [2.45, 2.75) is 0 Å². The summed E-state index contributed by atoms with van der Waals surface area (Å²) in [5.74, 6) is 0. The molecule has 0 aliphatic heterocycles. The first kappa shape index (κ1) is 25.6. The van der Waals surface area contributed by atoms with E-state index in [1.54, 1.807) is 36.4 Å². The van der Waals surface area contributed by atoms with Gasteiger partial charge in [0.2, 0.25) is 0 Å². The Kier molecular flexibility index (Phi) is 6.59. The zero-order valence-corrected chi connectivity index (χ0v) is 30.2. The summed E-state index contributed by atoms with van der Waals surface area (Å²) in [5.41, 5.74) is 7.66. The van der Waals surface area contributed by atoms with Crippen LogP contribution < -0.4 is 4.90 Å². The van der Waals surface area contributed by atoms with Gasteiger partial charge in [0, 0.05) is 33.5 Å². The van der Waals surface area contributed by atoms with E-state index in [9.17, 15) is 11.0 Å². The molecule has 1 aromatic heterocycles. The summed E-state index contributed by atoms with van der Waals surface area (Å²) < 4.78 is 77.8. The predicted molar refractivity (Wildman–Crippen MR) is 237 cm³/mol. The Balaban J connectivity index is 1.19. The maximum atomic E-state index is 9.60. The molecule has 0 spiro atoms. The van der Waals surface area contributed by atoms with Crippen molar-refractivity contribution in [2.75, 3.05) is 4.90 Å². The van der Waals surface area contributed by atoms with Crippen LogP contribution in [0, 0.1) is 0 Å². The van der Waals surface area contributed by atoms with Crippen molar-refractivity contribution in [1.82, 2.24) is 4.57 Å². The second kappa shape index (κ2) is 14.4. The summed E-state index contributed by atoms with van der Waals surface area (Å²) in [6.45, 7) is 0. The van der Waals surface area contributed by atoms with Crippen molar-refractivity contribution in [1.29, 1.82) is 0 Å². The third-order valence-electron chi connectivity index (χ3n) is 10.1. The van der Waals surface area contributed by atoms with Crippen LogP contribution in [0.3, 0.4) is 0 Å². The summed E-state index contributed by atoms with van der Waals surface area (Å²) in [4.78, 5) is 1.36. The van der Waals surface area contributed by atoms with E-state index in [4.69, 9.17) is 0 Å². The van der Waals surface area contributed by atoms with Crippen LogP contribution in [-0.2, 0) is 0 Å². The minimum atomic E-state index is -0.398. The number of benzene rings is 9. The van der Waals surface area contributed by atoms with Crippen LogP contribution in [0.1, 0.15) is 11.0 Å².